The van der Waals surface area contributed by atoms with Gasteiger partial charge in [-0.3, -0.25) is 9.97 Å². The summed E-state index contributed by atoms with van der Waals surface area (Å²) in [5, 5.41) is 18.0. The van der Waals surface area contributed by atoms with Gasteiger partial charge in [0.05, 0.1) is 13.2 Å². The number of pyridine rings is 2. The highest BCUT2D eigenvalue weighted by Gasteiger charge is 2.14. The number of nitrogens with zero attached hydrogens (tertiary/aromatic N) is 5. The zero-order chi connectivity index (χ0) is 18.6. The maximum Gasteiger partial charge on any atom is 0.182 e. The molecule has 4 aromatic rings. The van der Waals surface area contributed by atoms with Crippen LogP contribution in [0.1, 0.15) is 17.0 Å². The summed E-state index contributed by atoms with van der Waals surface area (Å²) < 4.78 is 2.03. The van der Waals surface area contributed by atoms with Gasteiger partial charge < -0.3 is 9.67 Å². The van der Waals surface area contributed by atoms with E-state index in [2.05, 4.69) is 20.2 Å². The topological polar surface area (TPSA) is 76.7 Å². The summed E-state index contributed by atoms with van der Waals surface area (Å²) in [7, 11) is 0. The van der Waals surface area contributed by atoms with E-state index in [1.54, 1.807) is 12.4 Å². The van der Waals surface area contributed by atoms with Crippen molar-refractivity contribution in [2.75, 3.05) is 0 Å². The Bertz CT molecular complexity index is 1060. The molecule has 3 aromatic heterocycles. The molecule has 0 bridgehead atoms. The van der Waals surface area contributed by atoms with E-state index in [0.717, 1.165) is 39.6 Å². The Morgan fingerprint density at radius 2 is 1.78 bits per heavy atom. The highest BCUT2D eigenvalue weighted by atomic mass is 16.3. The third-order valence-corrected chi connectivity index (χ3v) is 4.43. The van der Waals surface area contributed by atoms with Gasteiger partial charge in [0.25, 0.3) is 0 Å². The smallest absolute Gasteiger partial charge is 0.182 e. The van der Waals surface area contributed by atoms with E-state index in [9.17, 15) is 5.11 Å². The van der Waals surface area contributed by atoms with Gasteiger partial charge in [-0.1, -0.05) is 24.3 Å². The second-order valence-electron chi connectivity index (χ2n) is 6.31. The molecule has 0 fully saturated rings. The fourth-order valence-corrected chi connectivity index (χ4v) is 3.02. The number of aliphatic hydroxyl groups is 1. The predicted molar refractivity (Wildman–Crippen MR) is 103 cm³/mol. The first-order chi connectivity index (χ1) is 13.2. The van der Waals surface area contributed by atoms with E-state index in [1.807, 2.05) is 66.2 Å². The van der Waals surface area contributed by atoms with Gasteiger partial charge in [-0.15, -0.1) is 10.2 Å². The molecule has 0 saturated carbocycles. The van der Waals surface area contributed by atoms with Crippen molar-refractivity contribution in [1.82, 2.24) is 24.7 Å². The summed E-state index contributed by atoms with van der Waals surface area (Å²) in [5.74, 6) is 1.54. The largest absolute Gasteiger partial charge is 0.392 e. The quantitative estimate of drug-likeness (QED) is 0.593. The summed E-state index contributed by atoms with van der Waals surface area (Å²) in [4.78, 5) is 8.68. The Morgan fingerprint density at radius 1 is 0.926 bits per heavy atom. The molecule has 1 N–H and O–H groups in total. The molecule has 0 atom stereocenters. The molecule has 0 unspecified atom stereocenters. The summed E-state index contributed by atoms with van der Waals surface area (Å²) >= 11 is 0. The highest BCUT2D eigenvalue weighted by molar-refractivity contribution is 5.68. The summed E-state index contributed by atoms with van der Waals surface area (Å²) in [6.07, 6.45) is 5.37. The van der Waals surface area contributed by atoms with Crippen molar-refractivity contribution in [2.24, 2.45) is 0 Å². The third kappa shape index (κ3) is 3.61. The summed E-state index contributed by atoms with van der Waals surface area (Å²) in [5.41, 5.74) is 4.76. The van der Waals surface area contributed by atoms with E-state index in [0.29, 0.717) is 6.54 Å². The molecule has 0 aliphatic heterocycles. The lowest BCUT2D eigenvalue weighted by atomic mass is 10.0. The minimum absolute atomic E-state index is 0.0183. The van der Waals surface area contributed by atoms with Gasteiger partial charge in [-0.05, 0) is 53.4 Å². The van der Waals surface area contributed by atoms with Crippen molar-refractivity contribution in [2.45, 2.75) is 20.1 Å². The molecule has 0 spiro atoms. The Labute approximate surface area is 157 Å². The van der Waals surface area contributed by atoms with E-state index in [-0.39, 0.29) is 6.61 Å². The van der Waals surface area contributed by atoms with Crippen molar-refractivity contribution in [3.63, 3.8) is 0 Å². The maximum absolute atomic E-state index is 9.38. The van der Waals surface area contributed by atoms with Gasteiger partial charge in [0.15, 0.2) is 5.82 Å². The molecule has 0 aliphatic carbocycles. The standard InChI is InChI=1S/C21H19N5O/c1-15-24-25-21(26(15)13-17-5-3-8-22-12-17)20-11-19(7-9-23-20)18-6-2-4-16(10-18)14-27/h2-12,27H,13-14H2,1H3. The molecule has 0 radical (unpaired) electrons. The molecule has 6 nitrogen and oxygen atoms in total. The Balaban J connectivity index is 1.72. The molecule has 27 heavy (non-hydrogen) atoms. The zero-order valence-electron chi connectivity index (χ0n) is 14.9. The number of hydrogen-bond donors (Lipinski definition) is 1. The zero-order valence-corrected chi connectivity index (χ0v) is 14.9. The summed E-state index contributed by atoms with van der Waals surface area (Å²) in [6, 6.07) is 15.7. The monoisotopic (exact) mass is 357 g/mol. The second kappa shape index (κ2) is 7.47. The van der Waals surface area contributed by atoms with Crippen LogP contribution in [0.15, 0.2) is 67.1 Å². The lowest BCUT2D eigenvalue weighted by molar-refractivity contribution is 0.282. The first-order valence-corrected chi connectivity index (χ1v) is 8.70. The average Bonchev–Trinajstić information content (AvgIpc) is 3.09. The first kappa shape index (κ1) is 17.1. The van der Waals surface area contributed by atoms with Crippen LogP contribution in [0.25, 0.3) is 22.6 Å². The molecule has 0 aliphatic rings. The number of aromatic nitrogens is 5. The summed E-state index contributed by atoms with van der Waals surface area (Å²) in [6.45, 7) is 2.58. The lowest BCUT2D eigenvalue weighted by Gasteiger charge is -2.10. The van der Waals surface area contributed by atoms with Crippen LogP contribution in [-0.2, 0) is 13.2 Å². The minimum Gasteiger partial charge on any atom is -0.392 e. The molecule has 134 valence electrons. The SMILES string of the molecule is Cc1nnc(-c2cc(-c3cccc(CO)c3)ccn2)n1Cc1cccnc1. The fraction of sp³-hybridized carbons (Fsp3) is 0.143. The van der Waals surface area contributed by atoms with Crippen molar-refractivity contribution in [3.05, 3.63) is 84.1 Å². The van der Waals surface area contributed by atoms with Crippen LogP contribution in [0.5, 0.6) is 0 Å². The van der Waals surface area contributed by atoms with Gasteiger partial charge in [0.2, 0.25) is 0 Å². The van der Waals surface area contributed by atoms with Crippen LogP contribution in [0.3, 0.4) is 0 Å². The predicted octanol–water partition coefficient (Wildman–Crippen LogP) is 3.25. The molecule has 1 aromatic carbocycles. The Morgan fingerprint density at radius 3 is 2.59 bits per heavy atom. The molecule has 0 amide bonds. The first-order valence-electron chi connectivity index (χ1n) is 8.70. The van der Waals surface area contributed by atoms with Crippen molar-refractivity contribution < 1.29 is 5.11 Å². The van der Waals surface area contributed by atoms with Crippen molar-refractivity contribution in [1.29, 1.82) is 0 Å². The van der Waals surface area contributed by atoms with Crippen LogP contribution in [-0.4, -0.2) is 29.8 Å². The van der Waals surface area contributed by atoms with Crippen molar-refractivity contribution >= 4 is 0 Å². The minimum atomic E-state index is 0.0183. The molecule has 3 heterocycles. The fourth-order valence-electron chi connectivity index (χ4n) is 3.02. The van der Waals surface area contributed by atoms with Gasteiger partial charge in [0, 0.05) is 18.6 Å². The Kier molecular flexibility index (Phi) is 4.72. The average molecular weight is 357 g/mol. The molecule has 6 heteroatoms. The second-order valence-corrected chi connectivity index (χ2v) is 6.31. The van der Waals surface area contributed by atoms with Crippen LogP contribution >= 0.6 is 0 Å². The van der Waals surface area contributed by atoms with Gasteiger partial charge >= 0.3 is 0 Å². The number of rotatable bonds is 5. The normalized spacial score (nSPS) is 10.9. The number of benzene rings is 1. The third-order valence-electron chi connectivity index (χ3n) is 4.43. The van der Waals surface area contributed by atoms with Crippen LogP contribution < -0.4 is 0 Å². The van der Waals surface area contributed by atoms with E-state index < -0.39 is 0 Å². The highest BCUT2D eigenvalue weighted by Crippen LogP contribution is 2.25. The molecular formula is C21H19N5O. The van der Waals surface area contributed by atoms with Gasteiger partial charge in [-0.25, -0.2) is 0 Å². The molecule has 4 rings (SSSR count). The maximum atomic E-state index is 9.38. The van der Waals surface area contributed by atoms with Crippen LogP contribution in [0, 0.1) is 6.92 Å². The molecule has 0 saturated heterocycles. The van der Waals surface area contributed by atoms with Gasteiger partial charge in [-0.2, -0.15) is 0 Å². The Hall–Kier alpha value is -3.38. The van der Waals surface area contributed by atoms with Crippen LogP contribution in [0.2, 0.25) is 0 Å². The number of hydrogen-bond acceptors (Lipinski definition) is 5. The van der Waals surface area contributed by atoms with Crippen LogP contribution in [0.4, 0.5) is 0 Å². The lowest BCUT2D eigenvalue weighted by Crippen LogP contribution is -2.05. The van der Waals surface area contributed by atoms with Gasteiger partial charge in [0.1, 0.15) is 11.5 Å². The van der Waals surface area contributed by atoms with Crippen molar-refractivity contribution in [3.8, 4) is 22.6 Å². The molecular weight excluding hydrogens is 338 g/mol. The number of aryl methyl sites for hydroxylation is 1. The van der Waals surface area contributed by atoms with E-state index in [4.69, 9.17) is 0 Å². The van der Waals surface area contributed by atoms with E-state index in [1.165, 1.54) is 0 Å². The van der Waals surface area contributed by atoms with E-state index >= 15 is 0 Å². The number of aliphatic hydroxyl groups excluding tert-OH is 1.